The Bertz CT molecular complexity index is 3910. The van der Waals surface area contributed by atoms with Gasteiger partial charge in [0, 0.05) is 49.6 Å². The van der Waals surface area contributed by atoms with E-state index in [1.54, 1.807) is 0 Å². The molecule has 304 valence electrons. The summed E-state index contributed by atoms with van der Waals surface area (Å²) in [6.07, 6.45) is 0. The molecular weight excluding hydrogens is 789 g/mol. The van der Waals surface area contributed by atoms with E-state index in [1.807, 2.05) is 0 Å². The molecule has 0 aliphatic heterocycles. The van der Waals surface area contributed by atoms with E-state index in [1.165, 1.54) is 49.1 Å². The Hall–Kier alpha value is -8.66. The first-order valence-electron chi connectivity index (χ1n) is 22.2. The van der Waals surface area contributed by atoms with Crippen LogP contribution in [0.1, 0.15) is 0 Å². The predicted molar refractivity (Wildman–Crippen MR) is 274 cm³/mol. The molecule has 13 rings (SSSR count). The topological polar surface area (TPSA) is 21.3 Å². The van der Waals surface area contributed by atoms with Gasteiger partial charge in [0.1, 0.15) is 11.2 Å². The number of anilines is 3. The van der Waals surface area contributed by atoms with Gasteiger partial charge in [0.05, 0.1) is 16.7 Å². The van der Waals surface area contributed by atoms with Gasteiger partial charge in [0.25, 0.3) is 0 Å². The van der Waals surface area contributed by atoms with Crippen LogP contribution in [0.5, 0.6) is 0 Å². The van der Waals surface area contributed by atoms with Crippen LogP contribution < -0.4 is 4.90 Å². The normalized spacial score (nSPS) is 11.7. The maximum atomic E-state index is 6.64. The second-order valence-electron chi connectivity index (χ2n) is 16.9. The van der Waals surface area contributed by atoms with E-state index in [9.17, 15) is 0 Å². The fourth-order valence-electron chi connectivity index (χ4n) is 10.1. The van der Waals surface area contributed by atoms with Crippen molar-refractivity contribution in [1.29, 1.82) is 0 Å². The van der Waals surface area contributed by atoms with Crippen molar-refractivity contribution in [2.24, 2.45) is 0 Å². The third-order valence-corrected chi connectivity index (χ3v) is 13.2. The quantitative estimate of drug-likeness (QED) is 0.160. The molecule has 13 aromatic rings. The zero-order valence-corrected chi connectivity index (χ0v) is 35.4. The maximum Gasteiger partial charge on any atom is 0.143 e. The molecule has 0 bridgehead atoms. The fourth-order valence-corrected chi connectivity index (χ4v) is 10.1. The van der Waals surface area contributed by atoms with Gasteiger partial charge < -0.3 is 13.9 Å². The Morgan fingerprint density at radius 3 is 1.68 bits per heavy atom. The van der Waals surface area contributed by atoms with Gasteiger partial charge in [0.15, 0.2) is 0 Å². The van der Waals surface area contributed by atoms with Gasteiger partial charge in [-0.1, -0.05) is 170 Å². The summed E-state index contributed by atoms with van der Waals surface area (Å²) in [4.78, 5) is 2.39. The molecule has 2 heterocycles. The number of hydrogen-bond donors (Lipinski definition) is 0. The number of aromatic nitrogens is 1. The van der Waals surface area contributed by atoms with E-state index in [-0.39, 0.29) is 0 Å². The van der Waals surface area contributed by atoms with E-state index in [4.69, 9.17) is 4.42 Å². The molecule has 3 heteroatoms. The Morgan fingerprint density at radius 2 is 0.892 bits per heavy atom. The van der Waals surface area contributed by atoms with Crippen molar-refractivity contribution in [1.82, 2.24) is 4.57 Å². The Kier molecular flexibility index (Phi) is 8.53. The molecule has 0 aliphatic rings. The SMILES string of the molecule is c1cc(-c2ccc3ccccc3c2)cc(N(c2ccc(-c3ccccc3-n3c4ccccc4c4ccccc43)cc2)c2cccc(-c3cccc4oc5c6ccccc6ccc5c34)c2)c1. The molecule has 0 atom stereocenters. The Morgan fingerprint density at radius 1 is 0.323 bits per heavy atom. The van der Waals surface area contributed by atoms with Crippen molar-refractivity contribution in [2.75, 3.05) is 4.90 Å². The number of benzene rings is 11. The van der Waals surface area contributed by atoms with Gasteiger partial charge >= 0.3 is 0 Å². The molecule has 2 aromatic heterocycles. The monoisotopic (exact) mass is 828 g/mol. The molecule has 0 N–H and O–H groups in total. The highest BCUT2D eigenvalue weighted by atomic mass is 16.3. The third kappa shape index (κ3) is 6.12. The third-order valence-electron chi connectivity index (χ3n) is 13.2. The molecule has 0 saturated heterocycles. The minimum absolute atomic E-state index is 0.885. The Balaban J connectivity index is 0.961. The molecule has 11 aromatic carbocycles. The predicted octanol–water partition coefficient (Wildman–Crippen LogP) is 17.5. The molecule has 0 spiro atoms. The maximum absolute atomic E-state index is 6.64. The number of fused-ring (bicyclic) bond motifs is 9. The minimum atomic E-state index is 0.885. The van der Waals surface area contributed by atoms with Crippen LogP contribution in [0.25, 0.3) is 104 Å². The van der Waals surface area contributed by atoms with Crippen molar-refractivity contribution >= 4 is 82.4 Å². The molecule has 0 radical (unpaired) electrons. The van der Waals surface area contributed by atoms with Crippen LogP contribution >= 0.6 is 0 Å². The number of rotatable bonds is 7. The second-order valence-corrected chi connectivity index (χ2v) is 16.9. The van der Waals surface area contributed by atoms with Gasteiger partial charge in [-0.05, 0) is 117 Å². The van der Waals surface area contributed by atoms with Crippen molar-refractivity contribution in [2.45, 2.75) is 0 Å². The van der Waals surface area contributed by atoms with Gasteiger partial charge in [-0.2, -0.15) is 0 Å². The van der Waals surface area contributed by atoms with Crippen molar-refractivity contribution in [3.8, 4) is 39.1 Å². The Labute approximate surface area is 376 Å². The van der Waals surface area contributed by atoms with Crippen molar-refractivity contribution in [3.05, 3.63) is 243 Å². The molecule has 0 fully saturated rings. The van der Waals surface area contributed by atoms with E-state index in [2.05, 4.69) is 252 Å². The largest absolute Gasteiger partial charge is 0.455 e. The summed E-state index contributed by atoms with van der Waals surface area (Å²) in [5, 5.41) is 9.51. The summed E-state index contributed by atoms with van der Waals surface area (Å²) >= 11 is 0. The molecule has 3 nitrogen and oxygen atoms in total. The van der Waals surface area contributed by atoms with Crippen LogP contribution in [0.4, 0.5) is 17.1 Å². The summed E-state index contributed by atoms with van der Waals surface area (Å²) < 4.78 is 9.05. The van der Waals surface area contributed by atoms with Gasteiger partial charge in [-0.15, -0.1) is 0 Å². The van der Waals surface area contributed by atoms with Crippen LogP contribution in [0.15, 0.2) is 247 Å². The van der Waals surface area contributed by atoms with Crippen molar-refractivity contribution in [3.63, 3.8) is 0 Å². The highest BCUT2D eigenvalue weighted by Crippen LogP contribution is 2.44. The lowest BCUT2D eigenvalue weighted by Gasteiger charge is -2.27. The summed E-state index contributed by atoms with van der Waals surface area (Å²) in [7, 11) is 0. The number of furan rings is 1. The number of para-hydroxylation sites is 3. The van der Waals surface area contributed by atoms with Crippen LogP contribution in [-0.2, 0) is 0 Å². The van der Waals surface area contributed by atoms with E-state index in [0.29, 0.717) is 0 Å². The average Bonchev–Trinajstić information content (AvgIpc) is 3.93. The van der Waals surface area contributed by atoms with Gasteiger partial charge in [-0.3, -0.25) is 0 Å². The molecular formula is C62H40N2O. The summed E-state index contributed by atoms with van der Waals surface area (Å²) in [6, 6.07) is 87.7. The standard InChI is InChI=1S/C62H40N2O/c1-2-16-44-38-46(31-30-41(44)14-1)45-17-11-19-49(39-45)63(50-20-12-18-47(40-50)52-25-13-29-60-61(52)56-37-34-42-15-3-4-22-53(42)62(56)65-60)48-35-32-43(33-36-48)51-21-5-8-26-57(51)64-58-27-9-6-23-54(58)55-24-7-10-28-59(55)64/h1-40H. The first-order valence-corrected chi connectivity index (χ1v) is 22.2. The average molecular weight is 829 g/mol. The van der Waals surface area contributed by atoms with Crippen molar-refractivity contribution < 1.29 is 4.42 Å². The van der Waals surface area contributed by atoms with Crippen LogP contribution in [0, 0.1) is 0 Å². The molecule has 0 amide bonds. The highest BCUT2D eigenvalue weighted by molar-refractivity contribution is 6.19. The molecule has 0 saturated carbocycles. The lowest BCUT2D eigenvalue weighted by molar-refractivity contribution is 0.673. The van der Waals surface area contributed by atoms with Gasteiger partial charge in [-0.25, -0.2) is 0 Å². The highest BCUT2D eigenvalue weighted by Gasteiger charge is 2.20. The zero-order chi connectivity index (χ0) is 42.8. The minimum Gasteiger partial charge on any atom is -0.455 e. The first-order chi connectivity index (χ1) is 32.2. The molecule has 65 heavy (non-hydrogen) atoms. The van der Waals surface area contributed by atoms with E-state index < -0.39 is 0 Å². The summed E-state index contributed by atoms with van der Waals surface area (Å²) in [5.74, 6) is 0. The van der Waals surface area contributed by atoms with Crippen LogP contribution in [0.2, 0.25) is 0 Å². The van der Waals surface area contributed by atoms with Gasteiger partial charge in [0.2, 0.25) is 0 Å². The summed E-state index contributed by atoms with van der Waals surface area (Å²) in [6.45, 7) is 0. The fraction of sp³-hybridized carbons (Fsp3) is 0. The number of hydrogen-bond acceptors (Lipinski definition) is 2. The summed E-state index contributed by atoms with van der Waals surface area (Å²) in [5.41, 5.74) is 15.5. The molecule has 0 unspecified atom stereocenters. The first kappa shape index (κ1) is 36.9. The second kappa shape index (κ2) is 15.0. The van der Waals surface area contributed by atoms with Crippen LogP contribution in [0.3, 0.4) is 0 Å². The molecule has 0 aliphatic carbocycles. The van der Waals surface area contributed by atoms with E-state index in [0.717, 1.165) is 72.3 Å². The lowest BCUT2D eigenvalue weighted by atomic mass is 9.97. The smallest absolute Gasteiger partial charge is 0.143 e. The lowest BCUT2D eigenvalue weighted by Crippen LogP contribution is -2.10. The van der Waals surface area contributed by atoms with E-state index >= 15 is 0 Å². The van der Waals surface area contributed by atoms with Crippen LogP contribution in [-0.4, -0.2) is 4.57 Å². The zero-order valence-electron chi connectivity index (χ0n) is 35.4. The number of nitrogens with zero attached hydrogens (tertiary/aromatic N) is 2.